The highest BCUT2D eigenvalue weighted by molar-refractivity contribution is 6.32. The molecule has 1 unspecified atom stereocenters. The molecule has 1 aliphatic heterocycles. The van der Waals surface area contributed by atoms with Crippen molar-refractivity contribution in [3.8, 4) is 28.7 Å². The fourth-order valence-electron chi connectivity index (χ4n) is 4.33. The predicted octanol–water partition coefficient (Wildman–Crippen LogP) is 8.07. The second-order valence-electron chi connectivity index (χ2n) is 9.13. The van der Waals surface area contributed by atoms with Crippen LogP contribution in [0.2, 0.25) is 10.0 Å². The molecule has 8 nitrogen and oxygen atoms in total. The number of carboxylic acid groups (broad SMARTS) is 1. The number of carbonyl (C=O) groups excluding carboxylic acids is 1. The van der Waals surface area contributed by atoms with Crippen molar-refractivity contribution in [3.05, 3.63) is 112 Å². The van der Waals surface area contributed by atoms with Gasteiger partial charge in [0.25, 0.3) is 5.91 Å². The third-order valence-corrected chi connectivity index (χ3v) is 6.88. The molecule has 0 saturated heterocycles. The molecule has 0 spiro atoms. The second kappa shape index (κ2) is 12.8. The van der Waals surface area contributed by atoms with Crippen LogP contribution < -0.4 is 19.5 Å². The predicted molar refractivity (Wildman–Crippen MR) is 154 cm³/mol. The SMILES string of the molecule is O=C(O)OC1CCOc2cc(Oc3ccc(C(=O)NCCc4ccccc4Oc4ccc(Cl)cc4)cc3)c(Cl)cc21. The van der Waals surface area contributed by atoms with Crippen LogP contribution in [0.15, 0.2) is 84.9 Å². The monoisotopic (exact) mass is 593 g/mol. The summed E-state index contributed by atoms with van der Waals surface area (Å²) in [7, 11) is 0. The normalized spacial score (nSPS) is 13.9. The van der Waals surface area contributed by atoms with Crippen LogP contribution in [0.5, 0.6) is 28.7 Å². The maximum Gasteiger partial charge on any atom is 0.506 e. The standard InChI is InChI=1S/C31H25Cl2NO7/c32-21-7-11-23(12-8-21)39-26-4-2-1-3-19(26)13-15-34-30(35)20-5-9-22(10-6-20)40-29-18-28-24(17-25(29)33)27(14-16-38-28)41-31(36)37/h1-12,17-18,27H,13-16H2,(H,34,35)(H,36,37). The van der Waals surface area contributed by atoms with Gasteiger partial charge in [0.1, 0.15) is 34.9 Å². The van der Waals surface area contributed by atoms with Gasteiger partial charge in [-0.1, -0.05) is 41.4 Å². The van der Waals surface area contributed by atoms with Gasteiger partial charge in [-0.2, -0.15) is 0 Å². The minimum absolute atomic E-state index is 0.225. The van der Waals surface area contributed by atoms with E-state index in [2.05, 4.69) is 5.32 Å². The molecule has 1 atom stereocenters. The zero-order chi connectivity index (χ0) is 28.8. The molecule has 0 aromatic heterocycles. The van der Waals surface area contributed by atoms with E-state index < -0.39 is 12.3 Å². The fourth-order valence-corrected chi connectivity index (χ4v) is 4.67. The van der Waals surface area contributed by atoms with Crippen molar-refractivity contribution in [2.24, 2.45) is 0 Å². The zero-order valence-electron chi connectivity index (χ0n) is 21.6. The summed E-state index contributed by atoms with van der Waals surface area (Å²) >= 11 is 12.4. The molecule has 41 heavy (non-hydrogen) atoms. The molecule has 210 valence electrons. The van der Waals surface area contributed by atoms with Crippen LogP contribution in [0.1, 0.15) is 34.0 Å². The summed E-state index contributed by atoms with van der Waals surface area (Å²) in [5, 5.41) is 12.8. The van der Waals surface area contributed by atoms with E-state index in [9.17, 15) is 9.59 Å². The number of ether oxygens (including phenoxy) is 4. The lowest BCUT2D eigenvalue weighted by Crippen LogP contribution is -2.25. The molecular formula is C31H25Cl2NO7. The van der Waals surface area contributed by atoms with Crippen LogP contribution in [-0.4, -0.2) is 30.3 Å². The molecule has 0 aliphatic carbocycles. The number of rotatable bonds is 9. The molecule has 1 aliphatic rings. The van der Waals surface area contributed by atoms with Crippen LogP contribution in [0.4, 0.5) is 4.79 Å². The smallest absolute Gasteiger partial charge is 0.493 e. The number of para-hydroxylation sites is 1. The van der Waals surface area contributed by atoms with Gasteiger partial charge in [0.2, 0.25) is 0 Å². The third-order valence-electron chi connectivity index (χ3n) is 6.33. The lowest BCUT2D eigenvalue weighted by atomic mass is 10.0. The molecule has 10 heteroatoms. The summed E-state index contributed by atoms with van der Waals surface area (Å²) in [6.45, 7) is 0.714. The fraction of sp³-hybridized carbons (Fsp3) is 0.161. The zero-order valence-corrected chi connectivity index (χ0v) is 23.2. The molecule has 4 aromatic carbocycles. The summed E-state index contributed by atoms with van der Waals surface area (Å²) < 4.78 is 22.5. The minimum Gasteiger partial charge on any atom is -0.493 e. The Hall–Kier alpha value is -4.40. The number of fused-ring (bicyclic) bond motifs is 1. The Morgan fingerprint density at radius 1 is 0.902 bits per heavy atom. The van der Waals surface area contributed by atoms with Gasteiger partial charge in [0.15, 0.2) is 0 Å². The first-order valence-corrected chi connectivity index (χ1v) is 13.5. The maximum atomic E-state index is 12.7. The van der Waals surface area contributed by atoms with E-state index in [0.717, 1.165) is 5.56 Å². The summed E-state index contributed by atoms with van der Waals surface area (Å²) in [4.78, 5) is 23.7. The summed E-state index contributed by atoms with van der Waals surface area (Å²) in [5.41, 5.74) is 1.97. The van der Waals surface area contributed by atoms with Crippen LogP contribution in [0, 0.1) is 0 Å². The first-order valence-electron chi connectivity index (χ1n) is 12.8. The molecule has 5 rings (SSSR count). The van der Waals surface area contributed by atoms with Gasteiger partial charge in [0, 0.05) is 35.2 Å². The average Bonchev–Trinajstić information content (AvgIpc) is 2.96. The van der Waals surface area contributed by atoms with Gasteiger partial charge >= 0.3 is 6.16 Å². The van der Waals surface area contributed by atoms with Gasteiger partial charge in [-0.3, -0.25) is 4.79 Å². The van der Waals surface area contributed by atoms with Gasteiger partial charge in [-0.15, -0.1) is 0 Å². The second-order valence-corrected chi connectivity index (χ2v) is 9.97. The Morgan fingerprint density at radius 2 is 1.59 bits per heavy atom. The highest BCUT2D eigenvalue weighted by atomic mass is 35.5. The lowest BCUT2D eigenvalue weighted by molar-refractivity contribution is 0.0326. The summed E-state index contributed by atoms with van der Waals surface area (Å²) in [5.74, 6) is 2.40. The molecule has 1 heterocycles. The highest BCUT2D eigenvalue weighted by Crippen LogP contribution is 2.42. The van der Waals surface area contributed by atoms with E-state index >= 15 is 0 Å². The van der Waals surface area contributed by atoms with E-state index in [1.807, 2.05) is 24.3 Å². The van der Waals surface area contributed by atoms with Crippen molar-refractivity contribution in [2.45, 2.75) is 18.9 Å². The van der Waals surface area contributed by atoms with Crippen LogP contribution >= 0.6 is 23.2 Å². The van der Waals surface area contributed by atoms with Gasteiger partial charge in [-0.05, 0) is 72.6 Å². The van der Waals surface area contributed by atoms with Gasteiger partial charge in [-0.25, -0.2) is 4.79 Å². The Labute approximate surface area is 246 Å². The van der Waals surface area contributed by atoms with Crippen LogP contribution in [0.25, 0.3) is 0 Å². The average molecular weight is 594 g/mol. The number of hydrogen-bond donors (Lipinski definition) is 2. The first-order chi connectivity index (χ1) is 19.9. The van der Waals surface area contributed by atoms with Gasteiger partial charge in [0.05, 0.1) is 11.6 Å². The van der Waals surface area contributed by atoms with Crippen molar-refractivity contribution >= 4 is 35.3 Å². The van der Waals surface area contributed by atoms with Crippen molar-refractivity contribution in [1.29, 1.82) is 0 Å². The van der Waals surface area contributed by atoms with E-state index in [4.69, 9.17) is 47.3 Å². The van der Waals surface area contributed by atoms with Gasteiger partial charge < -0.3 is 29.4 Å². The number of carbonyl (C=O) groups is 2. The van der Waals surface area contributed by atoms with Crippen LogP contribution in [0.3, 0.4) is 0 Å². The molecule has 0 radical (unpaired) electrons. The van der Waals surface area contributed by atoms with E-state index in [1.165, 1.54) is 0 Å². The molecular weight excluding hydrogens is 569 g/mol. The molecule has 4 aromatic rings. The number of hydrogen-bond acceptors (Lipinski definition) is 6. The third kappa shape index (κ3) is 7.22. The molecule has 2 N–H and O–H groups in total. The molecule has 1 amide bonds. The van der Waals surface area contributed by atoms with Crippen LogP contribution in [-0.2, 0) is 11.2 Å². The number of amides is 1. The van der Waals surface area contributed by atoms with Crippen molar-refractivity contribution in [1.82, 2.24) is 5.32 Å². The lowest BCUT2D eigenvalue weighted by Gasteiger charge is -2.25. The number of halogens is 2. The number of benzene rings is 4. The quantitative estimate of drug-likeness (QED) is 0.189. The molecule has 0 fully saturated rings. The Balaban J connectivity index is 1.17. The molecule has 0 saturated carbocycles. The van der Waals surface area contributed by atoms with Crippen molar-refractivity contribution < 1.29 is 33.6 Å². The van der Waals surface area contributed by atoms with Crippen molar-refractivity contribution in [2.75, 3.05) is 13.2 Å². The largest absolute Gasteiger partial charge is 0.506 e. The minimum atomic E-state index is -1.36. The maximum absolute atomic E-state index is 12.7. The van der Waals surface area contributed by atoms with E-state index in [-0.39, 0.29) is 10.9 Å². The summed E-state index contributed by atoms with van der Waals surface area (Å²) in [6, 6.07) is 24.6. The topological polar surface area (TPSA) is 103 Å². The Morgan fingerprint density at radius 3 is 2.32 bits per heavy atom. The first kappa shape index (κ1) is 28.1. The van der Waals surface area contributed by atoms with Crippen molar-refractivity contribution in [3.63, 3.8) is 0 Å². The molecule has 0 bridgehead atoms. The Kier molecular flexibility index (Phi) is 8.82. The highest BCUT2D eigenvalue weighted by Gasteiger charge is 2.27. The Bertz CT molecular complexity index is 1540. The number of nitrogens with one attached hydrogen (secondary N) is 1. The summed E-state index contributed by atoms with van der Waals surface area (Å²) in [6.07, 6.45) is -1.06. The van der Waals surface area contributed by atoms with E-state index in [1.54, 1.807) is 60.7 Å². The van der Waals surface area contributed by atoms with E-state index in [0.29, 0.717) is 70.9 Å².